The number of carboxylic acid groups (broad SMARTS) is 1. The van der Waals surface area contributed by atoms with E-state index in [9.17, 15) is 9.59 Å². The molecule has 0 spiro atoms. The van der Waals surface area contributed by atoms with Crippen LogP contribution in [0.1, 0.15) is 18.0 Å². The smallest absolute Gasteiger partial charge is 0.330 e. The topological polar surface area (TPSA) is 78.4 Å². The van der Waals surface area contributed by atoms with Gasteiger partial charge in [0.05, 0.1) is 0 Å². The Labute approximate surface area is 116 Å². The van der Waals surface area contributed by atoms with Crippen LogP contribution in [0.25, 0.3) is 0 Å². The molecule has 0 heterocycles. The summed E-state index contributed by atoms with van der Waals surface area (Å²) in [6.07, 6.45) is 2.85. The van der Waals surface area contributed by atoms with E-state index in [1.54, 1.807) is 42.1 Å². The first-order valence-corrected chi connectivity index (χ1v) is 7.35. The Hall–Kier alpha value is -1.69. The predicted octanol–water partition coefficient (Wildman–Crippen LogP) is 1.86. The molecule has 1 aromatic carbocycles. The third kappa shape index (κ3) is 5.65. The lowest BCUT2D eigenvalue weighted by Crippen LogP contribution is -2.41. The van der Waals surface area contributed by atoms with Gasteiger partial charge in [-0.1, -0.05) is 30.3 Å². The maximum atomic E-state index is 11.6. The van der Waals surface area contributed by atoms with Crippen LogP contribution in [0.4, 0.5) is 4.79 Å². The number of hydrogen-bond donors (Lipinski definition) is 3. The second kappa shape index (κ2) is 8.42. The number of carboxylic acids is 1. The number of rotatable bonds is 7. The number of aliphatic carboxylic acids is 1. The number of thioether (sulfide) groups is 1. The Kier molecular flexibility index (Phi) is 6.81. The minimum absolute atomic E-state index is 0.461. The molecule has 0 bridgehead atoms. The van der Waals surface area contributed by atoms with Crippen LogP contribution in [0, 0.1) is 0 Å². The number of carbonyl (C=O) groups is 2. The van der Waals surface area contributed by atoms with Gasteiger partial charge in [0.2, 0.25) is 0 Å². The van der Waals surface area contributed by atoms with E-state index in [1.165, 1.54) is 0 Å². The quantitative estimate of drug-likeness (QED) is 0.667. The number of hydrogen-bond acceptors (Lipinski definition) is 3. The molecule has 2 amide bonds. The van der Waals surface area contributed by atoms with Crippen LogP contribution < -0.4 is 10.6 Å². The molecule has 0 aromatic heterocycles. The molecule has 3 N–H and O–H groups in total. The first kappa shape index (κ1) is 15.4. The maximum absolute atomic E-state index is 11.6. The molecule has 0 aliphatic heterocycles. The molecule has 0 aliphatic carbocycles. The average molecular weight is 282 g/mol. The Morgan fingerprint density at radius 1 is 1.32 bits per heavy atom. The molecule has 104 valence electrons. The molecule has 0 radical (unpaired) electrons. The van der Waals surface area contributed by atoms with Crippen molar-refractivity contribution in [3.63, 3.8) is 0 Å². The van der Waals surface area contributed by atoms with E-state index in [-0.39, 0.29) is 0 Å². The summed E-state index contributed by atoms with van der Waals surface area (Å²) < 4.78 is 0. The van der Waals surface area contributed by atoms with Gasteiger partial charge in [0, 0.05) is 6.54 Å². The van der Waals surface area contributed by atoms with Gasteiger partial charge in [-0.25, -0.2) is 9.59 Å². The third-order valence-corrected chi connectivity index (χ3v) is 3.16. The summed E-state index contributed by atoms with van der Waals surface area (Å²) in [4.78, 5) is 22.8. The number of nitrogens with one attached hydrogen (secondary N) is 2. The Morgan fingerprint density at radius 2 is 2.00 bits per heavy atom. The molecule has 1 rings (SSSR count). The summed E-state index contributed by atoms with van der Waals surface area (Å²) in [5.74, 6) is -0.119. The molecule has 1 unspecified atom stereocenters. The van der Waals surface area contributed by atoms with Crippen LogP contribution in [0.5, 0.6) is 0 Å². The van der Waals surface area contributed by atoms with E-state index >= 15 is 0 Å². The third-order valence-electron chi connectivity index (χ3n) is 2.47. The number of amides is 2. The minimum Gasteiger partial charge on any atom is -0.479 e. The van der Waals surface area contributed by atoms with Crippen LogP contribution in [-0.4, -0.2) is 35.7 Å². The number of benzene rings is 1. The van der Waals surface area contributed by atoms with Crippen molar-refractivity contribution in [1.29, 1.82) is 0 Å². The van der Waals surface area contributed by atoms with Crippen LogP contribution in [0.3, 0.4) is 0 Å². The molecule has 0 saturated carbocycles. The summed E-state index contributed by atoms with van der Waals surface area (Å²) in [6, 6.07) is 7.14. The highest BCUT2D eigenvalue weighted by molar-refractivity contribution is 7.98. The van der Waals surface area contributed by atoms with Crippen molar-refractivity contribution in [1.82, 2.24) is 10.6 Å². The lowest BCUT2D eigenvalue weighted by atomic mass is 10.1. The lowest BCUT2D eigenvalue weighted by molar-refractivity contribution is -0.139. The predicted molar refractivity (Wildman–Crippen MR) is 76.4 cm³/mol. The highest BCUT2D eigenvalue weighted by Gasteiger charge is 2.21. The van der Waals surface area contributed by atoms with E-state index < -0.39 is 18.0 Å². The summed E-state index contributed by atoms with van der Waals surface area (Å²) in [5, 5.41) is 14.2. The van der Waals surface area contributed by atoms with Crippen LogP contribution >= 0.6 is 11.8 Å². The summed E-state index contributed by atoms with van der Waals surface area (Å²) in [7, 11) is 0. The van der Waals surface area contributed by atoms with Gasteiger partial charge in [-0.05, 0) is 24.0 Å². The van der Waals surface area contributed by atoms with Gasteiger partial charge in [-0.2, -0.15) is 11.8 Å². The van der Waals surface area contributed by atoms with Crippen molar-refractivity contribution in [2.45, 2.75) is 12.5 Å². The van der Waals surface area contributed by atoms with E-state index in [2.05, 4.69) is 10.6 Å². The lowest BCUT2D eigenvalue weighted by Gasteiger charge is -2.15. The van der Waals surface area contributed by atoms with Crippen molar-refractivity contribution in [2.75, 3.05) is 18.6 Å². The first-order valence-electron chi connectivity index (χ1n) is 5.96. The molecule has 6 heteroatoms. The van der Waals surface area contributed by atoms with Crippen LogP contribution in [0.2, 0.25) is 0 Å². The van der Waals surface area contributed by atoms with Crippen molar-refractivity contribution < 1.29 is 14.7 Å². The fourth-order valence-corrected chi connectivity index (χ4v) is 1.97. The van der Waals surface area contributed by atoms with Crippen LogP contribution in [-0.2, 0) is 4.79 Å². The average Bonchev–Trinajstić information content (AvgIpc) is 2.41. The maximum Gasteiger partial charge on any atom is 0.330 e. The van der Waals surface area contributed by atoms with E-state index in [4.69, 9.17) is 5.11 Å². The largest absolute Gasteiger partial charge is 0.479 e. The van der Waals surface area contributed by atoms with Gasteiger partial charge in [0.15, 0.2) is 6.04 Å². The standard InChI is InChI=1S/C13H18N2O3S/c1-19-9-5-8-14-13(18)15-11(12(16)17)10-6-3-2-4-7-10/h2-4,6-7,11H,5,8-9H2,1H3,(H,16,17)(H2,14,15,18). The Morgan fingerprint density at radius 3 is 2.58 bits per heavy atom. The molecule has 5 nitrogen and oxygen atoms in total. The number of urea groups is 1. The Bertz CT molecular complexity index is 412. The zero-order chi connectivity index (χ0) is 14.1. The number of carbonyl (C=O) groups excluding carboxylic acids is 1. The van der Waals surface area contributed by atoms with Gasteiger partial charge >= 0.3 is 12.0 Å². The van der Waals surface area contributed by atoms with Crippen molar-refractivity contribution in [3.05, 3.63) is 35.9 Å². The SMILES string of the molecule is CSCCCNC(=O)NC(C(=O)O)c1ccccc1. The summed E-state index contributed by atoms with van der Waals surface area (Å²) in [6.45, 7) is 0.536. The molecule has 0 fully saturated rings. The highest BCUT2D eigenvalue weighted by atomic mass is 32.2. The molecular weight excluding hydrogens is 264 g/mol. The van der Waals surface area contributed by atoms with E-state index in [1.807, 2.05) is 6.26 Å². The van der Waals surface area contributed by atoms with Crippen molar-refractivity contribution in [2.24, 2.45) is 0 Å². The zero-order valence-electron chi connectivity index (χ0n) is 10.8. The summed E-state index contributed by atoms with van der Waals surface area (Å²) in [5.41, 5.74) is 0.550. The second-order valence-corrected chi connectivity index (χ2v) is 4.91. The van der Waals surface area contributed by atoms with Crippen molar-refractivity contribution in [3.8, 4) is 0 Å². The van der Waals surface area contributed by atoms with E-state index in [0.29, 0.717) is 12.1 Å². The second-order valence-electron chi connectivity index (χ2n) is 3.93. The summed E-state index contributed by atoms with van der Waals surface area (Å²) >= 11 is 1.70. The normalized spacial score (nSPS) is 11.6. The molecule has 0 aliphatic rings. The van der Waals surface area contributed by atoms with Gasteiger partial charge in [-0.3, -0.25) is 0 Å². The monoisotopic (exact) mass is 282 g/mol. The fourth-order valence-electron chi connectivity index (χ4n) is 1.53. The van der Waals surface area contributed by atoms with Gasteiger partial charge < -0.3 is 15.7 Å². The molecule has 1 atom stereocenters. The Balaban J connectivity index is 2.51. The molecule has 0 saturated heterocycles. The molecule has 1 aromatic rings. The van der Waals surface area contributed by atoms with E-state index in [0.717, 1.165) is 12.2 Å². The minimum atomic E-state index is -1.08. The van der Waals surface area contributed by atoms with Gasteiger partial charge in [0.1, 0.15) is 0 Å². The van der Waals surface area contributed by atoms with Crippen LogP contribution in [0.15, 0.2) is 30.3 Å². The van der Waals surface area contributed by atoms with Crippen molar-refractivity contribution >= 4 is 23.8 Å². The zero-order valence-corrected chi connectivity index (χ0v) is 11.6. The molecule has 19 heavy (non-hydrogen) atoms. The fraction of sp³-hybridized carbons (Fsp3) is 0.385. The first-order chi connectivity index (χ1) is 9.15. The highest BCUT2D eigenvalue weighted by Crippen LogP contribution is 2.12. The van der Waals surface area contributed by atoms with Gasteiger partial charge in [-0.15, -0.1) is 0 Å². The van der Waals surface area contributed by atoms with Gasteiger partial charge in [0.25, 0.3) is 0 Å². The molecular formula is C13H18N2O3S.